The molecule has 9 heavy (non-hydrogen) atoms. The van der Waals surface area contributed by atoms with E-state index in [0.717, 1.165) is 0 Å². The number of aryl methyl sites for hydroxylation is 1. The van der Waals surface area contributed by atoms with Crippen LogP contribution in [0.15, 0.2) is 24.3 Å². The summed E-state index contributed by atoms with van der Waals surface area (Å²) in [5.74, 6) is 0. The van der Waals surface area contributed by atoms with Gasteiger partial charge in [-0.3, -0.25) is 0 Å². The van der Waals surface area contributed by atoms with Gasteiger partial charge in [-0.25, -0.2) is 0 Å². The number of halogens is 1. The molecule has 0 amide bonds. The van der Waals surface area contributed by atoms with Gasteiger partial charge < -0.3 is 0 Å². The van der Waals surface area contributed by atoms with Gasteiger partial charge in [-0.05, 0) is 12.1 Å². The van der Waals surface area contributed by atoms with E-state index in [1.54, 1.807) is 0 Å². The van der Waals surface area contributed by atoms with Crippen LogP contribution in [-0.4, -0.2) is 8.83 Å². The standard InChI is InChI=1S/C7H9ClSi/c1-6-3-2-4-7(5-6)9-8/h2-5H,9H2,1H3. The molecule has 48 valence electrons. The lowest BCUT2D eigenvalue weighted by Crippen LogP contribution is -2.07. The van der Waals surface area contributed by atoms with E-state index >= 15 is 0 Å². The lowest BCUT2D eigenvalue weighted by atomic mass is 10.2. The van der Waals surface area contributed by atoms with Crippen molar-refractivity contribution in [2.24, 2.45) is 0 Å². The van der Waals surface area contributed by atoms with Crippen LogP contribution in [0, 0.1) is 6.92 Å². The first-order valence-corrected chi connectivity index (χ1v) is 5.79. The molecule has 0 saturated heterocycles. The molecule has 0 unspecified atom stereocenters. The molecule has 0 atom stereocenters. The van der Waals surface area contributed by atoms with E-state index in [2.05, 4.69) is 31.2 Å². The number of rotatable bonds is 1. The van der Waals surface area contributed by atoms with Crippen LogP contribution in [0.1, 0.15) is 5.56 Å². The Hall–Kier alpha value is -0.273. The van der Waals surface area contributed by atoms with Crippen LogP contribution in [0.4, 0.5) is 0 Å². The fourth-order valence-electron chi connectivity index (χ4n) is 0.795. The minimum Gasteiger partial charge on any atom is -0.170 e. The van der Waals surface area contributed by atoms with Gasteiger partial charge in [0.15, 0.2) is 8.83 Å². The molecular weight excluding hydrogens is 148 g/mol. The third-order valence-electron chi connectivity index (χ3n) is 1.24. The number of hydrogen-bond acceptors (Lipinski definition) is 0. The number of benzene rings is 1. The highest BCUT2D eigenvalue weighted by Crippen LogP contribution is 1.92. The molecule has 0 heterocycles. The predicted octanol–water partition coefficient (Wildman–Crippen LogP) is 0.943. The van der Waals surface area contributed by atoms with Gasteiger partial charge in [0.2, 0.25) is 0 Å². The highest BCUT2D eigenvalue weighted by atomic mass is 35.6. The molecule has 0 aliphatic heterocycles. The average molecular weight is 157 g/mol. The smallest absolute Gasteiger partial charge is 0.155 e. The summed E-state index contributed by atoms with van der Waals surface area (Å²) in [6.45, 7) is 2.09. The summed E-state index contributed by atoms with van der Waals surface area (Å²) >= 11 is 5.74. The fraction of sp³-hybridized carbons (Fsp3) is 0.143. The molecule has 0 nitrogen and oxygen atoms in total. The predicted molar refractivity (Wildman–Crippen MR) is 45.2 cm³/mol. The molecule has 1 aromatic carbocycles. The molecule has 0 N–H and O–H groups in total. The van der Waals surface area contributed by atoms with Crippen molar-refractivity contribution < 1.29 is 0 Å². The minimum atomic E-state index is -0.458. The van der Waals surface area contributed by atoms with Gasteiger partial charge in [0, 0.05) is 0 Å². The molecule has 2 heteroatoms. The van der Waals surface area contributed by atoms with Gasteiger partial charge in [0.1, 0.15) is 0 Å². The summed E-state index contributed by atoms with van der Waals surface area (Å²) < 4.78 is 0. The van der Waals surface area contributed by atoms with Crippen LogP contribution in [0.2, 0.25) is 0 Å². The van der Waals surface area contributed by atoms with E-state index < -0.39 is 8.83 Å². The Morgan fingerprint density at radius 3 is 2.67 bits per heavy atom. The molecular formula is C7H9ClSi. The van der Waals surface area contributed by atoms with Gasteiger partial charge >= 0.3 is 0 Å². The Kier molecular flexibility index (Phi) is 2.31. The lowest BCUT2D eigenvalue weighted by molar-refractivity contribution is 1.50. The van der Waals surface area contributed by atoms with Crippen molar-refractivity contribution >= 4 is 25.1 Å². The lowest BCUT2D eigenvalue weighted by Gasteiger charge is -1.93. The molecule has 0 aliphatic carbocycles. The summed E-state index contributed by atoms with van der Waals surface area (Å²) in [6.07, 6.45) is 0. The second-order valence-electron chi connectivity index (χ2n) is 2.12. The van der Waals surface area contributed by atoms with Crippen LogP contribution in [0.25, 0.3) is 0 Å². The van der Waals surface area contributed by atoms with Crippen molar-refractivity contribution in [2.75, 3.05) is 0 Å². The van der Waals surface area contributed by atoms with Gasteiger partial charge in [0.05, 0.1) is 0 Å². The molecule has 0 bridgehead atoms. The summed E-state index contributed by atoms with van der Waals surface area (Å²) in [5, 5.41) is 1.33. The van der Waals surface area contributed by atoms with Crippen molar-refractivity contribution in [1.82, 2.24) is 0 Å². The summed E-state index contributed by atoms with van der Waals surface area (Å²) in [4.78, 5) is 0. The number of hydrogen-bond donors (Lipinski definition) is 0. The quantitative estimate of drug-likeness (QED) is 0.420. The molecule has 0 spiro atoms. The summed E-state index contributed by atoms with van der Waals surface area (Å²) in [6, 6.07) is 8.38. The Morgan fingerprint density at radius 1 is 1.44 bits per heavy atom. The average Bonchev–Trinajstić information content (AvgIpc) is 1.88. The SMILES string of the molecule is Cc1cccc([SiH2]Cl)c1. The van der Waals surface area contributed by atoms with Crippen LogP contribution >= 0.6 is 11.1 Å². The highest BCUT2D eigenvalue weighted by Gasteiger charge is 1.88. The second-order valence-corrected chi connectivity index (χ2v) is 4.01. The van der Waals surface area contributed by atoms with Gasteiger partial charge in [-0.2, -0.15) is 11.1 Å². The third-order valence-corrected chi connectivity index (χ3v) is 2.91. The van der Waals surface area contributed by atoms with E-state index in [0.29, 0.717) is 0 Å². The van der Waals surface area contributed by atoms with Crippen molar-refractivity contribution in [3.05, 3.63) is 29.8 Å². The van der Waals surface area contributed by atoms with Gasteiger partial charge in [0.25, 0.3) is 0 Å². The van der Waals surface area contributed by atoms with Crippen LogP contribution in [-0.2, 0) is 0 Å². The first-order valence-electron chi connectivity index (χ1n) is 2.94. The Labute approximate surface area is 62.4 Å². The van der Waals surface area contributed by atoms with Crippen molar-refractivity contribution in [2.45, 2.75) is 6.92 Å². The first-order chi connectivity index (χ1) is 4.33. The first kappa shape index (κ1) is 6.84. The van der Waals surface area contributed by atoms with E-state index in [1.807, 2.05) is 0 Å². The minimum absolute atomic E-state index is 0.458. The van der Waals surface area contributed by atoms with E-state index in [-0.39, 0.29) is 0 Å². The van der Waals surface area contributed by atoms with Crippen LogP contribution < -0.4 is 5.19 Å². The zero-order chi connectivity index (χ0) is 6.69. The third kappa shape index (κ3) is 1.84. The van der Waals surface area contributed by atoms with Crippen molar-refractivity contribution in [3.8, 4) is 0 Å². The van der Waals surface area contributed by atoms with Crippen LogP contribution in [0.3, 0.4) is 0 Å². The van der Waals surface area contributed by atoms with Gasteiger partial charge in [-0.15, -0.1) is 0 Å². The zero-order valence-electron chi connectivity index (χ0n) is 5.39. The monoisotopic (exact) mass is 156 g/mol. The molecule has 0 aromatic heterocycles. The maximum atomic E-state index is 5.74. The fourth-order valence-corrected chi connectivity index (χ4v) is 1.92. The Bertz CT molecular complexity index is 198. The molecule has 1 aromatic rings. The maximum absolute atomic E-state index is 5.74. The molecule has 0 fully saturated rings. The van der Waals surface area contributed by atoms with Crippen molar-refractivity contribution in [3.63, 3.8) is 0 Å². The summed E-state index contributed by atoms with van der Waals surface area (Å²) in [7, 11) is -0.458. The van der Waals surface area contributed by atoms with E-state index in [9.17, 15) is 0 Å². The van der Waals surface area contributed by atoms with E-state index in [1.165, 1.54) is 10.8 Å². The molecule has 0 aliphatic rings. The Morgan fingerprint density at radius 2 is 2.22 bits per heavy atom. The normalized spacial score (nSPS) is 10.9. The largest absolute Gasteiger partial charge is 0.170 e. The second kappa shape index (κ2) is 3.04. The molecule has 0 radical (unpaired) electrons. The topological polar surface area (TPSA) is 0 Å². The summed E-state index contributed by atoms with van der Waals surface area (Å²) in [5.41, 5.74) is 1.31. The van der Waals surface area contributed by atoms with E-state index in [4.69, 9.17) is 11.1 Å². The highest BCUT2D eigenvalue weighted by molar-refractivity contribution is 7.01. The Balaban J connectivity index is 2.94. The van der Waals surface area contributed by atoms with Crippen molar-refractivity contribution in [1.29, 1.82) is 0 Å². The molecule has 1 rings (SSSR count). The van der Waals surface area contributed by atoms with Crippen LogP contribution in [0.5, 0.6) is 0 Å². The maximum Gasteiger partial charge on any atom is 0.155 e. The molecule has 0 saturated carbocycles. The zero-order valence-corrected chi connectivity index (χ0v) is 7.56. The van der Waals surface area contributed by atoms with Gasteiger partial charge in [-0.1, -0.05) is 29.8 Å².